The minimum atomic E-state index is -0.161. The molecule has 12 heteroatoms. The maximum absolute atomic E-state index is 6.70. The van der Waals surface area contributed by atoms with Crippen LogP contribution in [0.25, 0.3) is 0 Å². The van der Waals surface area contributed by atoms with Gasteiger partial charge in [0.05, 0.1) is 81.3 Å². The molecule has 0 saturated carbocycles. The van der Waals surface area contributed by atoms with Crippen LogP contribution in [0.2, 0.25) is 0 Å². The zero-order chi connectivity index (χ0) is 45.0. The highest BCUT2D eigenvalue weighted by Gasteiger charge is 2.34. The first-order valence-corrected chi connectivity index (χ1v) is 23.1. The van der Waals surface area contributed by atoms with Crippen molar-refractivity contribution in [1.29, 1.82) is 0 Å². The lowest BCUT2D eigenvalue weighted by molar-refractivity contribution is 0.0271. The SMILES string of the molecule is CCC1c2cc3c(cc2OC)OCCOCCOCCOc2cc(OC)c(cc21)C(CC)c1cc2c(OC)cc1OCCOCCOCCOc1cc(OC)c(cc1C2CC)C3CC. The van der Waals surface area contributed by atoms with E-state index in [4.69, 9.17) is 56.8 Å². The van der Waals surface area contributed by atoms with Crippen LogP contribution in [0, 0.1) is 0 Å². The van der Waals surface area contributed by atoms with Crippen LogP contribution in [0.5, 0.6) is 46.0 Å². The summed E-state index contributed by atoms with van der Waals surface area (Å²) in [6.07, 6.45) is 2.99. The lowest BCUT2D eigenvalue weighted by Crippen LogP contribution is -2.16. The normalized spacial score (nSPS) is 20.9. The molecular weight excluding hydrogens is 817 g/mol. The fourth-order valence-corrected chi connectivity index (χ4v) is 9.68. The van der Waals surface area contributed by atoms with Gasteiger partial charge in [0, 0.05) is 92.4 Å². The molecule has 64 heavy (non-hydrogen) atoms. The molecular formula is C52H68O12. The summed E-state index contributed by atoms with van der Waals surface area (Å²) < 4.78 is 75.9. The zero-order valence-corrected chi connectivity index (χ0v) is 39.1. The molecule has 10 bridgehead atoms. The second-order valence-corrected chi connectivity index (χ2v) is 16.2. The van der Waals surface area contributed by atoms with Crippen LogP contribution in [-0.2, 0) is 18.9 Å². The van der Waals surface area contributed by atoms with E-state index in [0.29, 0.717) is 79.3 Å². The summed E-state index contributed by atoms with van der Waals surface area (Å²) in [6, 6.07) is 17.3. The Morgan fingerprint density at radius 2 is 0.516 bits per heavy atom. The number of hydrogen-bond donors (Lipinski definition) is 0. The van der Waals surface area contributed by atoms with E-state index >= 15 is 0 Å². The van der Waals surface area contributed by atoms with Crippen molar-refractivity contribution in [2.45, 2.75) is 77.0 Å². The zero-order valence-electron chi connectivity index (χ0n) is 39.1. The summed E-state index contributed by atoms with van der Waals surface area (Å²) in [7, 11) is 6.90. The molecule has 4 unspecified atom stereocenters. The maximum atomic E-state index is 6.70. The average molecular weight is 885 g/mol. The highest BCUT2D eigenvalue weighted by atomic mass is 16.6. The number of benzene rings is 4. The molecule has 1 aliphatic carbocycles. The summed E-state index contributed by atoms with van der Waals surface area (Å²) in [6.45, 7) is 13.6. The Morgan fingerprint density at radius 1 is 0.312 bits per heavy atom. The van der Waals surface area contributed by atoms with Gasteiger partial charge in [-0.05, 0) is 49.9 Å². The third-order valence-corrected chi connectivity index (χ3v) is 12.8. The van der Waals surface area contributed by atoms with E-state index in [1.54, 1.807) is 28.4 Å². The van der Waals surface area contributed by atoms with Crippen LogP contribution in [0.4, 0.5) is 0 Å². The van der Waals surface area contributed by atoms with E-state index < -0.39 is 0 Å². The van der Waals surface area contributed by atoms with Crippen LogP contribution < -0.4 is 37.9 Å². The van der Waals surface area contributed by atoms with Crippen molar-refractivity contribution in [3.05, 3.63) is 93.0 Å². The third-order valence-electron chi connectivity index (χ3n) is 12.8. The molecule has 0 spiro atoms. The topological polar surface area (TPSA) is 111 Å². The Morgan fingerprint density at radius 3 is 0.703 bits per heavy atom. The standard InChI is InChI=1S/C52H68O12/c1-9-33-37-25-43-36(12-4)40-28-42-34(10-2)38-26-44(52(30-46(38)54-6)64-24-20-60-16-14-58-18-22-62-50(42)32-48(40)56-8)35(11-3)39-27-41(33)49(31-47(39)55-7)61-21-17-57-13-15-59-19-23-63-51(43)29-45(37)53-5/h25-36H,9-24H2,1-8H3. The smallest absolute Gasteiger partial charge is 0.126 e. The van der Waals surface area contributed by atoms with E-state index in [-0.39, 0.29) is 23.7 Å². The maximum Gasteiger partial charge on any atom is 0.126 e. The van der Waals surface area contributed by atoms with Crippen LogP contribution in [0.3, 0.4) is 0 Å². The molecule has 4 aliphatic rings. The van der Waals surface area contributed by atoms with Gasteiger partial charge >= 0.3 is 0 Å². The van der Waals surface area contributed by atoms with E-state index in [1.165, 1.54) is 0 Å². The first kappa shape index (κ1) is 47.1. The van der Waals surface area contributed by atoms with Gasteiger partial charge in [-0.3, -0.25) is 0 Å². The van der Waals surface area contributed by atoms with Crippen molar-refractivity contribution in [3.8, 4) is 46.0 Å². The molecule has 8 rings (SSSR count). The molecule has 0 aromatic heterocycles. The van der Waals surface area contributed by atoms with Crippen molar-refractivity contribution >= 4 is 0 Å². The van der Waals surface area contributed by atoms with Gasteiger partial charge in [-0.1, -0.05) is 27.7 Å². The van der Waals surface area contributed by atoms with E-state index in [9.17, 15) is 0 Å². The van der Waals surface area contributed by atoms with Gasteiger partial charge in [0.1, 0.15) is 72.4 Å². The van der Waals surface area contributed by atoms with Gasteiger partial charge in [0.25, 0.3) is 0 Å². The second kappa shape index (κ2) is 22.8. The molecule has 348 valence electrons. The lowest BCUT2D eigenvalue weighted by atomic mass is 9.77. The number of hydrogen-bond acceptors (Lipinski definition) is 12. The summed E-state index contributed by atoms with van der Waals surface area (Å²) in [4.78, 5) is 0. The first-order chi connectivity index (χ1) is 31.4. The number of ether oxygens (including phenoxy) is 12. The fourth-order valence-electron chi connectivity index (χ4n) is 9.68. The summed E-state index contributed by atoms with van der Waals surface area (Å²) in [5.74, 6) is 5.16. The molecule has 3 aliphatic heterocycles. The Bertz CT molecular complexity index is 1990. The fraction of sp³-hybridized carbons (Fsp3) is 0.538. The first-order valence-electron chi connectivity index (χ1n) is 23.1. The molecule has 4 atom stereocenters. The molecule has 0 N–H and O–H groups in total. The second-order valence-electron chi connectivity index (χ2n) is 16.2. The highest BCUT2D eigenvalue weighted by Crippen LogP contribution is 2.52. The molecule has 4 aromatic rings. The Balaban J connectivity index is 1.63. The van der Waals surface area contributed by atoms with Crippen molar-refractivity contribution in [2.75, 3.05) is 108 Å². The van der Waals surface area contributed by atoms with Gasteiger partial charge in [-0.2, -0.15) is 0 Å². The van der Waals surface area contributed by atoms with Crippen LogP contribution in [-0.4, -0.2) is 108 Å². The summed E-state index contributed by atoms with van der Waals surface area (Å²) in [5, 5.41) is 0. The molecule has 0 fully saturated rings. The van der Waals surface area contributed by atoms with E-state index in [1.807, 2.05) is 12.1 Å². The Hall–Kier alpha value is -4.88. The van der Waals surface area contributed by atoms with Gasteiger partial charge in [-0.15, -0.1) is 0 Å². The van der Waals surface area contributed by atoms with Crippen LogP contribution in [0.15, 0.2) is 48.5 Å². The molecule has 0 radical (unpaired) electrons. The monoisotopic (exact) mass is 884 g/mol. The van der Waals surface area contributed by atoms with Crippen molar-refractivity contribution in [2.24, 2.45) is 0 Å². The number of fused-ring (bicyclic) bond motifs is 12. The number of rotatable bonds is 8. The van der Waals surface area contributed by atoms with Gasteiger partial charge < -0.3 is 56.8 Å². The third kappa shape index (κ3) is 10.2. The average Bonchev–Trinajstić information content (AvgIpc) is 3.32. The molecule has 0 amide bonds. The molecule has 12 nitrogen and oxygen atoms in total. The summed E-state index contributed by atoms with van der Waals surface area (Å²) in [5.41, 5.74) is 8.17. The minimum absolute atomic E-state index is 0.154. The molecule has 0 saturated heterocycles. The van der Waals surface area contributed by atoms with Crippen molar-refractivity contribution < 1.29 is 56.8 Å². The number of methoxy groups -OCH3 is 4. The van der Waals surface area contributed by atoms with E-state index in [0.717, 1.165) is 116 Å². The van der Waals surface area contributed by atoms with Gasteiger partial charge in [0.2, 0.25) is 0 Å². The van der Waals surface area contributed by atoms with Crippen molar-refractivity contribution in [3.63, 3.8) is 0 Å². The Labute approximate surface area is 379 Å². The van der Waals surface area contributed by atoms with Crippen LogP contribution >= 0.6 is 0 Å². The van der Waals surface area contributed by atoms with Gasteiger partial charge in [0.15, 0.2) is 0 Å². The van der Waals surface area contributed by atoms with E-state index in [2.05, 4.69) is 64.1 Å². The van der Waals surface area contributed by atoms with Crippen LogP contribution in [0.1, 0.15) is 122 Å². The largest absolute Gasteiger partial charge is 0.496 e. The van der Waals surface area contributed by atoms with Crippen molar-refractivity contribution in [1.82, 2.24) is 0 Å². The van der Waals surface area contributed by atoms with Gasteiger partial charge in [-0.25, -0.2) is 0 Å². The predicted molar refractivity (Wildman–Crippen MR) is 246 cm³/mol. The summed E-state index contributed by atoms with van der Waals surface area (Å²) >= 11 is 0. The predicted octanol–water partition coefficient (Wildman–Crippen LogP) is 9.81. The Kier molecular flexibility index (Phi) is 16.8. The molecule has 4 aromatic carbocycles. The molecule has 3 heterocycles. The highest BCUT2D eigenvalue weighted by molar-refractivity contribution is 5.63. The lowest BCUT2D eigenvalue weighted by Gasteiger charge is -2.31. The quantitative estimate of drug-likeness (QED) is 0.157. The minimum Gasteiger partial charge on any atom is -0.496 e.